The lowest BCUT2D eigenvalue weighted by Crippen LogP contribution is -2.28. The average Bonchev–Trinajstić information content (AvgIpc) is 3.49. The molecule has 0 aliphatic heterocycles. The lowest BCUT2D eigenvalue weighted by molar-refractivity contribution is -0.161. The summed E-state index contributed by atoms with van der Waals surface area (Å²) >= 11 is 0. The Hall–Kier alpha value is -5.00. The first-order valence-electron chi connectivity index (χ1n) is 33.3. The van der Waals surface area contributed by atoms with Crippen molar-refractivity contribution >= 4 is 11.9 Å². The molecule has 0 aliphatic carbocycles. The van der Waals surface area contributed by atoms with E-state index >= 15 is 0 Å². The number of hydrogen-bond donors (Lipinski definition) is 1. The molecule has 0 saturated carbocycles. The lowest BCUT2D eigenvalue weighted by Gasteiger charge is -2.15. The van der Waals surface area contributed by atoms with Crippen LogP contribution in [0.3, 0.4) is 0 Å². The summed E-state index contributed by atoms with van der Waals surface area (Å²) in [6.07, 6.45) is 110. The van der Waals surface area contributed by atoms with E-state index in [1.54, 1.807) is 0 Å². The molecule has 0 saturated heterocycles. The number of aliphatic hydroxyl groups is 1. The third kappa shape index (κ3) is 67.5. The molecule has 460 valence electrons. The Kier molecular flexibility index (Phi) is 66.0. The molecule has 0 aromatic heterocycles. The number of allylic oxidation sites excluding steroid dienone is 30. The second kappa shape index (κ2) is 70.3. The molecule has 82 heavy (non-hydrogen) atoms. The van der Waals surface area contributed by atoms with Gasteiger partial charge in [-0.05, 0) is 135 Å². The summed E-state index contributed by atoms with van der Waals surface area (Å²) < 4.78 is 10.7. The number of aliphatic hydroxyl groups excluding tert-OH is 1. The van der Waals surface area contributed by atoms with Crippen molar-refractivity contribution in [1.82, 2.24) is 0 Å². The highest BCUT2D eigenvalue weighted by Crippen LogP contribution is 2.15. The van der Waals surface area contributed by atoms with Crippen LogP contribution >= 0.6 is 0 Å². The van der Waals surface area contributed by atoms with Crippen molar-refractivity contribution in [3.63, 3.8) is 0 Å². The highest BCUT2D eigenvalue weighted by atomic mass is 16.6. The average molecular weight is 1130 g/mol. The van der Waals surface area contributed by atoms with Gasteiger partial charge in [-0.15, -0.1) is 0 Å². The van der Waals surface area contributed by atoms with Crippen LogP contribution in [0, 0.1) is 0 Å². The third-order valence-corrected chi connectivity index (χ3v) is 13.7. The van der Waals surface area contributed by atoms with E-state index in [1.165, 1.54) is 103 Å². The number of carbonyl (C=O) groups is 2. The van der Waals surface area contributed by atoms with Crippen molar-refractivity contribution in [1.29, 1.82) is 0 Å². The van der Waals surface area contributed by atoms with Crippen LogP contribution in [0.25, 0.3) is 0 Å². The number of ether oxygens (including phenoxy) is 2. The predicted molar refractivity (Wildman–Crippen MR) is 361 cm³/mol. The van der Waals surface area contributed by atoms with Crippen molar-refractivity contribution in [3.05, 3.63) is 182 Å². The molecule has 5 heteroatoms. The first-order valence-corrected chi connectivity index (χ1v) is 33.3. The molecule has 1 N–H and O–H groups in total. The molecule has 0 aliphatic rings. The smallest absolute Gasteiger partial charge is 0.306 e. The maximum Gasteiger partial charge on any atom is 0.306 e. The summed E-state index contributed by atoms with van der Waals surface area (Å²) in [7, 11) is 0. The summed E-state index contributed by atoms with van der Waals surface area (Å²) in [6.45, 7) is 3.91. The van der Waals surface area contributed by atoms with Crippen molar-refractivity contribution in [2.45, 2.75) is 277 Å². The van der Waals surface area contributed by atoms with Crippen molar-refractivity contribution in [3.8, 4) is 0 Å². The van der Waals surface area contributed by atoms with Gasteiger partial charge in [0.25, 0.3) is 0 Å². The molecule has 0 fully saturated rings. The van der Waals surface area contributed by atoms with Crippen LogP contribution in [0.15, 0.2) is 182 Å². The van der Waals surface area contributed by atoms with Gasteiger partial charge in [0, 0.05) is 12.8 Å². The van der Waals surface area contributed by atoms with Crippen LogP contribution in [0.4, 0.5) is 0 Å². The number of hydrogen-bond acceptors (Lipinski definition) is 5. The van der Waals surface area contributed by atoms with Gasteiger partial charge in [-0.3, -0.25) is 9.59 Å². The second-order valence-corrected chi connectivity index (χ2v) is 21.4. The van der Waals surface area contributed by atoms with Gasteiger partial charge in [0.1, 0.15) is 6.61 Å². The van der Waals surface area contributed by atoms with E-state index < -0.39 is 6.10 Å². The quantitative estimate of drug-likeness (QED) is 0.0373. The summed E-state index contributed by atoms with van der Waals surface area (Å²) in [5, 5.41) is 9.69. The van der Waals surface area contributed by atoms with Crippen LogP contribution in [-0.2, 0) is 19.1 Å². The zero-order valence-corrected chi connectivity index (χ0v) is 52.7. The van der Waals surface area contributed by atoms with Crippen LogP contribution < -0.4 is 0 Å². The van der Waals surface area contributed by atoms with Gasteiger partial charge in [-0.25, -0.2) is 0 Å². The molecule has 0 radical (unpaired) electrons. The Labute approximate surface area is 505 Å². The molecule has 0 aromatic carbocycles. The van der Waals surface area contributed by atoms with Gasteiger partial charge < -0.3 is 14.6 Å². The fourth-order valence-corrected chi connectivity index (χ4v) is 8.79. The van der Waals surface area contributed by atoms with Gasteiger partial charge in [0.05, 0.1) is 6.61 Å². The topological polar surface area (TPSA) is 72.8 Å². The van der Waals surface area contributed by atoms with E-state index in [0.717, 1.165) is 141 Å². The molecule has 1 unspecified atom stereocenters. The summed E-state index contributed by atoms with van der Waals surface area (Å²) in [4.78, 5) is 24.6. The number of unbranched alkanes of at least 4 members (excludes halogenated alkanes) is 21. The van der Waals surface area contributed by atoms with Crippen LogP contribution in [0.5, 0.6) is 0 Å². The highest BCUT2D eigenvalue weighted by molar-refractivity contribution is 5.70. The third-order valence-electron chi connectivity index (χ3n) is 13.7. The number of carbonyl (C=O) groups excluding carboxylic acids is 2. The van der Waals surface area contributed by atoms with Crippen LogP contribution in [-0.4, -0.2) is 36.4 Å². The largest absolute Gasteiger partial charge is 0.462 e. The maximum atomic E-state index is 12.4. The highest BCUT2D eigenvalue weighted by Gasteiger charge is 2.16. The van der Waals surface area contributed by atoms with Crippen LogP contribution in [0.2, 0.25) is 0 Å². The Bertz CT molecular complexity index is 1850. The summed E-state index contributed by atoms with van der Waals surface area (Å²) in [5.74, 6) is -0.611. The van der Waals surface area contributed by atoms with Crippen molar-refractivity contribution in [2.24, 2.45) is 0 Å². The fourth-order valence-electron chi connectivity index (χ4n) is 8.79. The van der Waals surface area contributed by atoms with E-state index in [0.29, 0.717) is 12.8 Å². The molecule has 0 rings (SSSR count). The van der Waals surface area contributed by atoms with Crippen molar-refractivity contribution in [2.75, 3.05) is 13.2 Å². The predicted octanol–water partition coefficient (Wildman–Crippen LogP) is 23.4. The molecule has 0 bridgehead atoms. The van der Waals surface area contributed by atoms with Gasteiger partial charge >= 0.3 is 11.9 Å². The van der Waals surface area contributed by atoms with E-state index in [-0.39, 0.29) is 25.2 Å². The zero-order chi connectivity index (χ0) is 59.1. The van der Waals surface area contributed by atoms with Gasteiger partial charge in [-0.2, -0.15) is 0 Å². The minimum absolute atomic E-state index is 0.0803. The Morgan fingerprint density at radius 1 is 0.280 bits per heavy atom. The maximum absolute atomic E-state index is 12.4. The molecular formula is C77H122O5. The normalized spacial score (nSPS) is 13.5. The first-order chi connectivity index (χ1) is 40.6. The first kappa shape index (κ1) is 77.0. The minimum atomic E-state index is -0.792. The van der Waals surface area contributed by atoms with Gasteiger partial charge in [0.15, 0.2) is 6.10 Å². The molecule has 0 heterocycles. The number of esters is 2. The Balaban J connectivity index is 3.60. The van der Waals surface area contributed by atoms with Crippen molar-refractivity contribution < 1.29 is 24.2 Å². The molecule has 1 atom stereocenters. The van der Waals surface area contributed by atoms with Gasteiger partial charge in [-0.1, -0.05) is 305 Å². The monoisotopic (exact) mass is 1130 g/mol. The molecule has 5 nitrogen and oxygen atoms in total. The van der Waals surface area contributed by atoms with Gasteiger partial charge in [0.2, 0.25) is 0 Å². The SMILES string of the molecule is CC/C=C\C/C=C\C/C=C\C/C=C\C/C=C\C/C=C\C/C=C\C/C=C\C/C=C\C/C=C\C/C=C\CCCCCCCCCC(=O)OC(CO)COC(=O)CCCCCCCCCCCCCCCC/C=C\C/C=C\C/C=C\C/C=C\CC. The molecule has 0 aromatic rings. The van der Waals surface area contributed by atoms with E-state index in [4.69, 9.17) is 9.47 Å². The fraction of sp³-hybridized carbons (Fsp3) is 0.584. The Morgan fingerprint density at radius 2 is 0.488 bits per heavy atom. The van der Waals surface area contributed by atoms with E-state index in [9.17, 15) is 14.7 Å². The standard InChI is InChI=1S/C77H122O5/c1-3-5-7-9-11-13-15-17-19-21-23-25-27-29-31-32-33-34-35-36-37-38-39-40-41-42-43-44-46-48-50-52-54-56-58-60-62-64-66-68-70-72-77(80)82-75(73-78)74-81-76(79)71-69-67-65-63-61-59-57-55-53-51-49-47-45-30-28-26-24-22-20-18-16-14-12-10-8-6-4-2/h5-8,11-14,17-20,23-26,29,31,33-34,36-37,39-40,42-43,46,48,52,54,75,78H,3-4,9-10,15-16,21-22,27-28,30,32,35,38,41,44-45,47,49-51,53,55-74H2,1-2H3/b7-5-,8-6-,13-11-,14-12-,19-17-,20-18-,25-23-,26-24-,31-29-,34-33-,37-36-,40-39-,43-42-,48-46-,54-52-. The number of rotatable bonds is 59. The van der Waals surface area contributed by atoms with E-state index in [1.807, 2.05) is 0 Å². The minimum Gasteiger partial charge on any atom is -0.462 e. The summed E-state index contributed by atoms with van der Waals surface area (Å²) in [6, 6.07) is 0. The molecule has 0 spiro atoms. The lowest BCUT2D eigenvalue weighted by atomic mass is 10.0. The summed E-state index contributed by atoms with van der Waals surface area (Å²) in [5.41, 5.74) is 0. The molecule has 0 amide bonds. The molecular weight excluding hydrogens is 1000 g/mol. The zero-order valence-electron chi connectivity index (χ0n) is 52.7. The van der Waals surface area contributed by atoms with Crippen LogP contribution in [0.1, 0.15) is 271 Å². The second-order valence-electron chi connectivity index (χ2n) is 21.4. The Morgan fingerprint density at radius 3 is 0.732 bits per heavy atom. The van der Waals surface area contributed by atoms with E-state index in [2.05, 4.69) is 196 Å².